The topological polar surface area (TPSA) is 0 Å². The molecule has 1 heteroatoms. The van der Waals surface area contributed by atoms with E-state index in [0.29, 0.717) is 11.3 Å². The fourth-order valence-electron chi connectivity index (χ4n) is 4.05. The summed E-state index contributed by atoms with van der Waals surface area (Å²) in [5.74, 6) is 2.61. The van der Waals surface area contributed by atoms with E-state index in [-0.39, 0.29) is 0 Å². The van der Waals surface area contributed by atoms with E-state index in [1.54, 1.807) is 20.9 Å². The van der Waals surface area contributed by atoms with E-state index in [4.69, 9.17) is 0 Å². The second-order valence-electron chi connectivity index (χ2n) is 7.59. The first-order valence-corrected chi connectivity index (χ1v) is 8.37. The van der Waals surface area contributed by atoms with E-state index in [9.17, 15) is 0 Å². The maximum Gasteiger partial charge on any atom is 0.0140 e. The number of rotatable bonds is 1. The Labute approximate surface area is 116 Å². The van der Waals surface area contributed by atoms with Crippen LogP contribution in [0.3, 0.4) is 0 Å². The molecular formula is C17H26S. The van der Waals surface area contributed by atoms with Crippen molar-refractivity contribution >= 4 is 11.3 Å². The van der Waals surface area contributed by atoms with Crippen LogP contribution in [0, 0.1) is 5.92 Å². The maximum atomic E-state index is 2.39. The third-order valence-electron chi connectivity index (χ3n) is 4.78. The van der Waals surface area contributed by atoms with Gasteiger partial charge in [0.15, 0.2) is 0 Å². The van der Waals surface area contributed by atoms with Crippen LogP contribution < -0.4 is 0 Å². The number of thiophene rings is 1. The minimum absolute atomic E-state index is 0.333. The van der Waals surface area contributed by atoms with Gasteiger partial charge in [-0.3, -0.25) is 0 Å². The Bertz CT molecular complexity index is 459. The molecule has 2 aliphatic rings. The van der Waals surface area contributed by atoms with Crippen molar-refractivity contribution in [2.45, 2.75) is 77.6 Å². The molecule has 1 saturated carbocycles. The second kappa shape index (κ2) is 4.10. The monoisotopic (exact) mass is 262 g/mol. The van der Waals surface area contributed by atoms with Crippen molar-refractivity contribution in [3.63, 3.8) is 0 Å². The van der Waals surface area contributed by atoms with Crippen LogP contribution in [0.2, 0.25) is 0 Å². The van der Waals surface area contributed by atoms with Crippen LogP contribution in [-0.4, -0.2) is 0 Å². The quantitative estimate of drug-likeness (QED) is 0.617. The Morgan fingerprint density at radius 2 is 1.89 bits per heavy atom. The van der Waals surface area contributed by atoms with Gasteiger partial charge in [-0.1, -0.05) is 41.0 Å². The summed E-state index contributed by atoms with van der Waals surface area (Å²) in [7, 11) is 0. The first-order chi connectivity index (χ1) is 8.39. The summed E-state index contributed by atoms with van der Waals surface area (Å²) in [6.07, 6.45) is 5.78. The molecule has 2 unspecified atom stereocenters. The highest BCUT2D eigenvalue weighted by Gasteiger charge is 2.42. The van der Waals surface area contributed by atoms with Gasteiger partial charge in [0, 0.05) is 9.75 Å². The molecule has 0 spiro atoms. The molecule has 0 aliphatic heterocycles. The Balaban J connectivity index is 2.15. The van der Waals surface area contributed by atoms with Crippen LogP contribution in [-0.2, 0) is 11.8 Å². The molecule has 1 fully saturated rings. The maximum absolute atomic E-state index is 2.39. The molecule has 100 valence electrons. The van der Waals surface area contributed by atoms with Gasteiger partial charge in [0.05, 0.1) is 0 Å². The van der Waals surface area contributed by atoms with Gasteiger partial charge in [-0.05, 0) is 53.6 Å². The zero-order chi connectivity index (χ0) is 13.1. The van der Waals surface area contributed by atoms with Crippen LogP contribution in [0.1, 0.15) is 86.6 Å². The van der Waals surface area contributed by atoms with Gasteiger partial charge in [-0.2, -0.15) is 0 Å². The van der Waals surface area contributed by atoms with Crippen molar-refractivity contribution in [1.29, 1.82) is 0 Å². The lowest BCUT2D eigenvalue weighted by Crippen LogP contribution is -2.12. The molecule has 0 aromatic carbocycles. The lowest BCUT2D eigenvalue weighted by Gasteiger charge is -2.21. The summed E-state index contributed by atoms with van der Waals surface area (Å²) in [6, 6.07) is 0. The van der Waals surface area contributed by atoms with Gasteiger partial charge >= 0.3 is 0 Å². The van der Waals surface area contributed by atoms with Crippen LogP contribution >= 0.6 is 11.3 Å². The third-order valence-corrected chi connectivity index (χ3v) is 6.76. The fourth-order valence-corrected chi connectivity index (χ4v) is 5.51. The van der Waals surface area contributed by atoms with Crippen molar-refractivity contribution in [3.8, 4) is 0 Å². The van der Waals surface area contributed by atoms with Crippen LogP contribution in [0.15, 0.2) is 0 Å². The highest BCUT2D eigenvalue weighted by atomic mass is 32.1. The van der Waals surface area contributed by atoms with Gasteiger partial charge < -0.3 is 0 Å². The second-order valence-corrected chi connectivity index (χ2v) is 8.65. The average molecular weight is 262 g/mol. The molecule has 1 aromatic rings. The Morgan fingerprint density at radius 1 is 1.17 bits per heavy atom. The minimum Gasteiger partial charge on any atom is -0.144 e. The standard InChI is InChI=1S/C17H26S/c1-10(2)15-13-9-11-7-6-8-12(11)14(13)16(18-15)17(3,4)5/h10-12H,6-9H2,1-5H3. The zero-order valence-electron chi connectivity index (χ0n) is 12.5. The van der Waals surface area contributed by atoms with E-state index in [2.05, 4.69) is 46.0 Å². The molecule has 0 saturated heterocycles. The van der Waals surface area contributed by atoms with Gasteiger partial charge in [-0.25, -0.2) is 0 Å². The highest BCUT2D eigenvalue weighted by molar-refractivity contribution is 7.12. The molecule has 0 nitrogen and oxygen atoms in total. The van der Waals surface area contributed by atoms with Crippen LogP contribution in [0.4, 0.5) is 0 Å². The molecule has 0 amide bonds. The lowest BCUT2D eigenvalue weighted by molar-refractivity contribution is 0.515. The summed E-state index contributed by atoms with van der Waals surface area (Å²) >= 11 is 2.13. The van der Waals surface area contributed by atoms with Gasteiger partial charge in [0.1, 0.15) is 0 Å². The molecular weight excluding hydrogens is 236 g/mol. The van der Waals surface area contributed by atoms with Gasteiger partial charge in [-0.15, -0.1) is 11.3 Å². The normalized spacial score (nSPS) is 26.8. The predicted molar refractivity (Wildman–Crippen MR) is 80.9 cm³/mol. The average Bonchev–Trinajstić information content (AvgIpc) is 2.82. The Hall–Kier alpha value is -0.300. The number of hydrogen-bond acceptors (Lipinski definition) is 1. The molecule has 2 atom stereocenters. The van der Waals surface area contributed by atoms with Crippen molar-refractivity contribution in [2.24, 2.45) is 5.92 Å². The van der Waals surface area contributed by atoms with Crippen molar-refractivity contribution in [1.82, 2.24) is 0 Å². The van der Waals surface area contributed by atoms with E-state index < -0.39 is 0 Å². The van der Waals surface area contributed by atoms with Crippen molar-refractivity contribution in [2.75, 3.05) is 0 Å². The zero-order valence-corrected chi connectivity index (χ0v) is 13.3. The smallest absolute Gasteiger partial charge is 0.0140 e. The minimum atomic E-state index is 0.333. The molecule has 18 heavy (non-hydrogen) atoms. The van der Waals surface area contributed by atoms with Crippen molar-refractivity contribution in [3.05, 3.63) is 20.9 Å². The highest BCUT2D eigenvalue weighted by Crippen LogP contribution is 2.56. The molecule has 0 bridgehead atoms. The third kappa shape index (κ3) is 1.78. The molecule has 2 aliphatic carbocycles. The Morgan fingerprint density at radius 3 is 2.50 bits per heavy atom. The summed E-state index contributed by atoms with van der Waals surface area (Å²) in [6.45, 7) is 11.9. The summed E-state index contributed by atoms with van der Waals surface area (Å²) in [4.78, 5) is 3.40. The first-order valence-electron chi connectivity index (χ1n) is 7.55. The molecule has 3 rings (SSSR count). The fraction of sp³-hybridized carbons (Fsp3) is 0.765. The van der Waals surface area contributed by atoms with E-state index in [0.717, 1.165) is 11.8 Å². The molecule has 0 radical (unpaired) electrons. The summed E-state index contributed by atoms with van der Waals surface area (Å²) in [5.41, 5.74) is 3.91. The van der Waals surface area contributed by atoms with E-state index in [1.807, 2.05) is 0 Å². The van der Waals surface area contributed by atoms with E-state index >= 15 is 0 Å². The molecule has 1 aromatic heterocycles. The largest absolute Gasteiger partial charge is 0.144 e. The predicted octanol–water partition coefficient (Wildman–Crippen LogP) is 5.61. The number of hydrogen-bond donors (Lipinski definition) is 0. The van der Waals surface area contributed by atoms with Crippen LogP contribution in [0.25, 0.3) is 0 Å². The van der Waals surface area contributed by atoms with Crippen molar-refractivity contribution < 1.29 is 0 Å². The van der Waals surface area contributed by atoms with E-state index in [1.165, 1.54) is 25.7 Å². The lowest BCUT2D eigenvalue weighted by atomic mass is 9.86. The van der Waals surface area contributed by atoms with Gasteiger partial charge in [0.25, 0.3) is 0 Å². The Kier molecular flexibility index (Phi) is 2.89. The van der Waals surface area contributed by atoms with Gasteiger partial charge in [0.2, 0.25) is 0 Å². The SMILES string of the molecule is CC(C)c1sc(C(C)(C)C)c2c1CC1CCCC21. The number of fused-ring (bicyclic) bond motifs is 3. The molecule has 0 N–H and O–H groups in total. The summed E-state index contributed by atoms with van der Waals surface area (Å²) in [5, 5.41) is 0. The van der Waals surface area contributed by atoms with Crippen LogP contribution in [0.5, 0.6) is 0 Å². The first kappa shape index (κ1) is 12.7. The molecule has 1 heterocycles. The summed E-state index contributed by atoms with van der Waals surface area (Å²) < 4.78 is 0.